The van der Waals surface area contributed by atoms with Crippen LogP contribution < -0.4 is 0 Å². The first kappa shape index (κ1) is 18.4. The van der Waals surface area contributed by atoms with Crippen molar-refractivity contribution in [1.29, 1.82) is 0 Å². The molecule has 1 saturated heterocycles. The Kier molecular flexibility index (Phi) is 4.98. The zero-order valence-corrected chi connectivity index (χ0v) is 16.7. The number of carbonyl (C=O) groups excluding carboxylic acids is 1. The lowest BCUT2D eigenvalue weighted by Gasteiger charge is -2.33. The monoisotopic (exact) mass is 378 g/mol. The Balaban J connectivity index is 1.51. The van der Waals surface area contributed by atoms with E-state index in [-0.39, 0.29) is 5.91 Å². The highest BCUT2D eigenvalue weighted by atomic mass is 16.2. The van der Waals surface area contributed by atoms with Crippen LogP contribution in [-0.2, 0) is 13.6 Å². The van der Waals surface area contributed by atoms with Crippen LogP contribution in [0.25, 0.3) is 11.4 Å². The number of carbonyl (C=O) groups is 1. The average molecular weight is 378 g/mol. The van der Waals surface area contributed by atoms with Gasteiger partial charge in [0.05, 0.1) is 5.69 Å². The summed E-state index contributed by atoms with van der Waals surface area (Å²) in [5.74, 6) is 1.41. The number of pyridine rings is 1. The molecule has 1 fully saturated rings. The highest BCUT2D eigenvalue weighted by Gasteiger charge is 2.27. The van der Waals surface area contributed by atoms with Crippen molar-refractivity contribution >= 4 is 5.91 Å². The average Bonchev–Trinajstić information content (AvgIpc) is 3.24. The van der Waals surface area contributed by atoms with Crippen molar-refractivity contribution < 1.29 is 4.79 Å². The summed E-state index contributed by atoms with van der Waals surface area (Å²) in [5.41, 5.74) is 3.68. The summed E-state index contributed by atoms with van der Waals surface area (Å²) < 4.78 is 3.94. The summed E-state index contributed by atoms with van der Waals surface area (Å²) in [6, 6.07) is 5.83. The Morgan fingerprint density at radius 1 is 1.29 bits per heavy atom. The number of hydrogen-bond donors (Lipinski definition) is 0. The van der Waals surface area contributed by atoms with E-state index in [9.17, 15) is 4.79 Å². The van der Waals surface area contributed by atoms with Gasteiger partial charge in [0.2, 0.25) is 0 Å². The zero-order valence-electron chi connectivity index (χ0n) is 16.7. The Bertz CT molecular complexity index is 974. The molecule has 4 rings (SSSR count). The first-order valence-electron chi connectivity index (χ1n) is 9.75. The molecule has 0 bridgehead atoms. The van der Waals surface area contributed by atoms with Gasteiger partial charge in [-0.25, -0.2) is 4.98 Å². The van der Waals surface area contributed by atoms with Gasteiger partial charge in [0.25, 0.3) is 5.91 Å². The standard InChI is InChI=1S/C21H26N6O/c1-15-10-19(25(3)24-15)21(28)26-9-5-6-17(13-26)14-27-16(2)11-23-20(27)18-7-4-8-22-12-18/h4,7-8,10-12,17H,5-6,9,13-14H2,1-3H3. The van der Waals surface area contributed by atoms with Crippen LogP contribution in [0.4, 0.5) is 0 Å². The molecule has 0 radical (unpaired) electrons. The molecule has 0 spiro atoms. The van der Waals surface area contributed by atoms with Gasteiger partial charge < -0.3 is 9.47 Å². The van der Waals surface area contributed by atoms with Crippen molar-refractivity contribution in [3.63, 3.8) is 0 Å². The van der Waals surface area contributed by atoms with E-state index >= 15 is 0 Å². The highest BCUT2D eigenvalue weighted by Crippen LogP contribution is 2.25. The van der Waals surface area contributed by atoms with Crippen LogP contribution in [0.1, 0.15) is 34.7 Å². The number of piperidine rings is 1. The second-order valence-corrected chi connectivity index (χ2v) is 7.63. The molecule has 1 amide bonds. The lowest BCUT2D eigenvalue weighted by atomic mass is 9.97. The normalized spacial score (nSPS) is 17.1. The number of aromatic nitrogens is 5. The van der Waals surface area contributed by atoms with Crippen LogP contribution in [0.3, 0.4) is 0 Å². The molecule has 3 aromatic heterocycles. The summed E-state index contributed by atoms with van der Waals surface area (Å²) in [6.07, 6.45) is 7.65. The molecular formula is C21H26N6O. The minimum Gasteiger partial charge on any atom is -0.337 e. The molecule has 0 aromatic carbocycles. The van der Waals surface area contributed by atoms with E-state index in [1.54, 1.807) is 10.9 Å². The third kappa shape index (κ3) is 3.56. The Morgan fingerprint density at radius 3 is 2.86 bits per heavy atom. The topological polar surface area (TPSA) is 68.8 Å². The lowest BCUT2D eigenvalue weighted by molar-refractivity contribution is 0.0651. The van der Waals surface area contributed by atoms with Gasteiger partial charge in [-0.15, -0.1) is 0 Å². The summed E-state index contributed by atoms with van der Waals surface area (Å²) in [6.45, 7) is 6.41. The number of imidazole rings is 1. The van der Waals surface area contributed by atoms with Gasteiger partial charge in [-0.3, -0.25) is 14.5 Å². The third-order valence-corrected chi connectivity index (χ3v) is 5.44. The number of likely N-dealkylation sites (tertiary alicyclic amines) is 1. The Labute approximate surface area is 165 Å². The number of amides is 1. The van der Waals surface area contributed by atoms with E-state index in [1.807, 2.05) is 49.5 Å². The lowest BCUT2D eigenvalue weighted by Crippen LogP contribution is -2.41. The molecule has 7 nitrogen and oxygen atoms in total. The van der Waals surface area contributed by atoms with Gasteiger partial charge in [-0.1, -0.05) is 0 Å². The molecule has 146 valence electrons. The van der Waals surface area contributed by atoms with Crippen molar-refractivity contribution in [2.75, 3.05) is 13.1 Å². The van der Waals surface area contributed by atoms with E-state index in [0.717, 1.165) is 55.3 Å². The fourth-order valence-electron chi connectivity index (χ4n) is 4.05. The minimum atomic E-state index is 0.0719. The van der Waals surface area contributed by atoms with E-state index < -0.39 is 0 Å². The Morgan fingerprint density at radius 2 is 2.14 bits per heavy atom. The molecule has 1 aliphatic heterocycles. The fourth-order valence-corrected chi connectivity index (χ4v) is 4.05. The smallest absolute Gasteiger partial charge is 0.272 e. The second kappa shape index (κ2) is 7.58. The highest BCUT2D eigenvalue weighted by molar-refractivity contribution is 5.92. The van der Waals surface area contributed by atoms with Crippen LogP contribution in [0.2, 0.25) is 0 Å². The summed E-state index contributed by atoms with van der Waals surface area (Å²) in [5, 5.41) is 4.31. The summed E-state index contributed by atoms with van der Waals surface area (Å²) in [7, 11) is 1.83. The van der Waals surface area contributed by atoms with E-state index in [1.165, 1.54) is 0 Å². The number of nitrogens with zero attached hydrogens (tertiary/aromatic N) is 6. The molecule has 0 N–H and O–H groups in total. The maximum Gasteiger partial charge on any atom is 0.272 e. The van der Waals surface area contributed by atoms with Crippen molar-refractivity contribution in [3.05, 3.63) is 53.9 Å². The summed E-state index contributed by atoms with van der Waals surface area (Å²) >= 11 is 0. The maximum absolute atomic E-state index is 13.0. The van der Waals surface area contributed by atoms with Gasteiger partial charge in [0.1, 0.15) is 11.5 Å². The fraction of sp³-hybridized carbons (Fsp3) is 0.429. The predicted molar refractivity (Wildman–Crippen MR) is 107 cm³/mol. The van der Waals surface area contributed by atoms with Gasteiger partial charge in [0.15, 0.2) is 0 Å². The van der Waals surface area contributed by atoms with Gasteiger partial charge in [-0.2, -0.15) is 5.10 Å². The van der Waals surface area contributed by atoms with Crippen molar-refractivity contribution in [3.8, 4) is 11.4 Å². The molecule has 1 unspecified atom stereocenters. The van der Waals surface area contributed by atoms with E-state index in [2.05, 4.69) is 26.6 Å². The molecule has 28 heavy (non-hydrogen) atoms. The molecule has 1 aliphatic rings. The largest absolute Gasteiger partial charge is 0.337 e. The molecule has 7 heteroatoms. The molecule has 3 aromatic rings. The summed E-state index contributed by atoms with van der Waals surface area (Å²) in [4.78, 5) is 23.8. The van der Waals surface area contributed by atoms with Crippen LogP contribution in [-0.4, -0.2) is 48.2 Å². The molecule has 1 atom stereocenters. The van der Waals surface area contributed by atoms with Gasteiger partial charge in [-0.05, 0) is 50.8 Å². The molecular weight excluding hydrogens is 352 g/mol. The Hall–Kier alpha value is -2.96. The first-order chi connectivity index (χ1) is 13.5. The van der Waals surface area contributed by atoms with Crippen molar-refractivity contribution in [2.24, 2.45) is 13.0 Å². The number of aryl methyl sites for hydroxylation is 3. The van der Waals surface area contributed by atoms with Gasteiger partial charge >= 0.3 is 0 Å². The predicted octanol–water partition coefficient (Wildman–Crippen LogP) is 2.85. The zero-order chi connectivity index (χ0) is 19.7. The second-order valence-electron chi connectivity index (χ2n) is 7.63. The van der Waals surface area contributed by atoms with Crippen molar-refractivity contribution in [1.82, 2.24) is 29.2 Å². The third-order valence-electron chi connectivity index (χ3n) is 5.44. The van der Waals surface area contributed by atoms with E-state index in [4.69, 9.17) is 0 Å². The van der Waals surface area contributed by atoms with Crippen LogP contribution >= 0.6 is 0 Å². The number of rotatable bonds is 4. The van der Waals surface area contributed by atoms with Gasteiger partial charge in [0, 0.05) is 56.5 Å². The minimum absolute atomic E-state index is 0.0719. The molecule has 0 saturated carbocycles. The number of hydrogen-bond acceptors (Lipinski definition) is 4. The van der Waals surface area contributed by atoms with Crippen LogP contribution in [0.15, 0.2) is 36.8 Å². The SMILES string of the molecule is Cc1cc(C(=O)N2CCCC(Cn3c(C)cnc3-c3cccnc3)C2)n(C)n1. The quantitative estimate of drug-likeness (QED) is 0.700. The molecule has 4 heterocycles. The van der Waals surface area contributed by atoms with Crippen molar-refractivity contribution in [2.45, 2.75) is 33.2 Å². The van der Waals surface area contributed by atoms with Crippen LogP contribution in [0, 0.1) is 19.8 Å². The first-order valence-corrected chi connectivity index (χ1v) is 9.75. The van der Waals surface area contributed by atoms with Crippen LogP contribution in [0.5, 0.6) is 0 Å². The van der Waals surface area contributed by atoms with E-state index in [0.29, 0.717) is 11.6 Å². The molecule has 0 aliphatic carbocycles. The maximum atomic E-state index is 13.0.